The van der Waals surface area contributed by atoms with Crippen molar-refractivity contribution in [2.45, 2.75) is 65.8 Å². The molecule has 0 aliphatic rings. The highest BCUT2D eigenvalue weighted by atomic mass is 35.5. The third-order valence-corrected chi connectivity index (χ3v) is 4.45. The highest BCUT2D eigenvalue weighted by molar-refractivity contribution is 6.18. The number of rotatable bonds is 7. The number of halogens is 1. The molecular weight excluding hydrogens is 206 g/mol. The van der Waals surface area contributed by atoms with Crippen LogP contribution in [0, 0.1) is 11.3 Å². The lowest BCUT2D eigenvalue weighted by Crippen LogP contribution is -2.37. The van der Waals surface area contributed by atoms with Crippen molar-refractivity contribution < 1.29 is 0 Å². The first kappa shape index (κ1) is 15.2. The molecular formula is C13H28ClN. The molecule has 0 bridgehead atoms. The van der Waals surface area contributed by atoms with E-state index in [0.717, 1.165) is 25.1 Å². The molecule has 1 nitrogen and oxygen atoms in total. The van der Waals surface area contributed by atoms with Gasteiger partial charge in [0.2, 0.25) is 0 Å². The van der Waals surface area contributed by atoms with Gasteiger partial charge in [-0.15, -0.1) is 11.6 Å². The van der Waals surface area contributed by atoms with Crippen molar-refractivity contribution >= 4 is 11.6 Å². The van der Waals surface area contributed by atoms with Gasteiger partial charge in [-0.1, -0.05) is 34.1 Å². The smallest absolute Gasteiger partial charge is 0.0256 e. The quantitative estimate of drug-likeness (QED) is 0.656. The maximum atomic E-state index is 6.16. The van der Waals surface area contributed by atoms with Crippen molar-refractivity contribution in [1.29, 1.82) is 0 Å². The SMILES string of the molecule is CCC(C)(N)CCC(CCl)C(C)(C)CC. The van der Waals surface area contributed by atoms with E-state index in [9.17, 15) is 0 Å². The summed E-state index contributed by atoms with van der Waals surface area (Å²) in [4.78, 5) is 0. The third-order valence-electron chi connectivity index (χ3n) is 4.07. The molecule has 0 aliphatic carbocycles. The van der Waals surface area contributed by atoms with Gasteiger partial charge in [0.1, 0.15) is 0 Å². The first-order valence-electron chi connectivity index (χ1n) is 6.14. The Morgan fingerprint density at radius 3 is 2.00 bits per heavy atom. The van der Waals surface area contributed by atoms with Gasteiger partial charge in [0.25, 0.3) is 0 Å². The molecule has 2 unspecified atom stereocenters. The minimum atomic E-state index is -0.0197. The first-order valence-corrected chi connectivity index (χ1v) is 6.67. The molecule has 0 aromatic rings. The summed E-state index contributed by atoms with van der Waals surface area (Å²) in [7, 11) is 0. The average Bonchev–Trinajstić information content (AvgIpc) is 2.18. The van der Waals surface area contributed by atoms with E-state index in [4.69, 9.17) is 17.3 Å². The molecule has 2 N–H and O–H groups in total. The summed E-state index contributed by atoms with van der Waals surface area (Å²) in [6.07, 6.45) is 4.43. The lowest BCUT2D eigenvalue weighted by Gasteiger charge is -2.34. The summed E-state index contributed by atoms with van der Waals surface area (Å²) in [5, 5.41) is 0. The zero-order valence-electron chi connectivity index (χ0n) is 11.1. The van der Waals surface area contributed by atoms with Gasteiger partial charge in [-0.2, -0.15) is 0 Å². The predicted octanol–water partition coefficient (Wildman–Crippen LogP) is 4.19. The molecule has 0 aromatic carbocycles. The van der Waals surface area contributed by atoms with Crippen molar-refractivity contribution in [3.63, 3.8) is 0 Å². The van der Waals surface area contributed by atoms with E-state index in [2.05, 4.69) is 34.6 Å². The normalized spacial score (nSPS) is 18.6. The highest BCUT2D eigenvalue weighted by Crippen LogP contribution is 2.35. The third kappa shape index (κ3) is 5.21. The Kier molecular flexibility index (Phi) is 6.20. The van der Waals surface area contributed by atoms with Crippen LogP contribution in [0.1, 0.15) is 60.3 Å². The van der Waals surface area contributed by atoms with Gasteiger partial charge in [-0.05, 0) is 37.5 Å². The Balaban J connectivity index is 4.24. The van der Waals surface area contributed by atoms with Gasteiger partial charge in [0.05, 0.1) is 0 Å². The van der Waals surface area contributed by atoms with Gasteiger partial charge >= 0.3 is 0 Å². The van der Waals surface area contributed by atoms with Crippen LogP contribution in [0.5, 0.6) is 0 Å². The van der Waals surface area contributed by atoms with Gasteiger partial charge in [-0.3, -0.25) is 0 Å². The first-order chi connectivity index (χ1) is 6.79. The fraction of sp³-hybridized carbons (Fsp3) is 1.00. The molecule has 0 amide bonds. The zero-order chi connectivity index (χ0) is 12.1. The molecule has 0 heterocycles. The standard InChI is InChI=1S/C13H28ClN/c1-6-12(3,4)11(10-14)8-9-13(5,15)7-2/h11H,6-10,15H2,1-5H3. The molecule has 2 heteroatoms. The van der Waals surface area contributed by atoms with E-state index in [1.807, 2.05) is 0 Å². The van der Waals surface area contributed by atoms with E-state index in [1.54, 1.807) is 0 Å². The maximum Gasteiger partial charge on any atom is 0.0256 e. The molecule has 0 fully saturated rings. The van der Waals surface area contributed by atoms with Crippen LogP contribution in [0.4, 0.5) is 0 Å². The van der Waals surface area contributed by atoms with Gasteiger partial charge in [0, 0.05) is 11.4 Å². The summed E-state index contributed by atoms with van der Waals surface area (Å²) in [6.45, 7) is 11.1. The Hall–Kier alpha value is 0.250. The predicted molar refractivity (Wildman–Crippen MR) is 70.4 cm³/mol. The van der Waals surface area contributed by atoms with Crippen molar-refractivity contribution in [2.24, 2.45) is 17.1 Å². The molecule has 15 heavy (non-hydrogen) atoms. The topological polar surface area (TPSA) is 26.0 Å². The summed E-state index contributed by atoms with van der Waals surface area (Å²) in [5.41, 5.74) is 6.48. The Morgan fingerprint density at radius 2 is 1.67 bits per heavy atom. The van der Waals surface area contributed by atoms with E-state index in [0.29, 0.717) is 11.3 Å². The van der Waals surface area contributed by atoms with Crippen LogP contribution >= 0.6 is 11.6 Å². The van der Waals surface area contributed by atoms with Crippen molar-refractivity contribution in [1.82, 2.24) is 0 Å². The molecule has 0 radical (unpaired) electrons. The van der Waals surface area contributed by atoms with E-state index >= 15 is 0 Å². The van der Waals surface area contributed by atoms with Crippen LogP contribution in [0.3, 0.4) is 0 Å². The lowest BCUT2D eigenvalue weighted by atomic mass is 9.74. The van der Waals surface area contributed by atoms with Crippen LogP contribution in [0.25, 0.3) is 0 Å². The molecule has 2 atom stereocenters. The summed E-state index contributed by atoms with van der Waals surface area (Å²) < 4.78 is 0. The molecule has 0 saturated heterocycles. The number of hydrogen-bond donors (Lipinski definition) is 1. The van der Waals surface area contributed by atoms with E-state index in [-0.39, 0.29) is 5.54 Å². The Labute approximate surface area is 101 Å². The molecule has 0 saturated carbocycles. The summed E-state index contributed by atoms with van der Waals surface area (Å²) in [5.74, 6) is 1.33. The van der Waals surface area contributed by atoms with Crippen LogP contribution in [-0.4, -0.2) is 11.4 Å². The van der Waals surface area contributed by atoms with Crippen LogP contribution in [0.2, 0.25) is 0 Å². The molecule has 0 aliphatic heterocycles. The molecule has 92 valence electrons. The minimum absolute atomic E-state index is 0.0197. The van der Waals surface area contributed by atoms with Gasteiger partial charge in [0.15, 0.2) is 0 Å². The number of alkyl halides is 1. The van der Waals surface area contributed by atoms with E-state index < -0.39 is 0 Å². The maximum absolute atomic E-state index is 6.16. The van der Waals surface area contributed by atoms with Crippen LogP contribution in [-0.2, 0) is 0 Å². The largest absolute Gasteiger partial charge is 0.325 e. The molecule has 0 spiro atoms. The van der Waals surface area contributed by atoms with Crippen molar-refractivity contribution in [3.05, 3.63) is 0 Å². The van der Waals surface area contributed by atoms with Gasteiger partial charge < -0.3 is 5.73 Å². The summed E-state index contributed by atoms with van der Waals surface area (Å²) in [6, 6.07) is 0. The summed E-state index contributed by atoms with van der Waals surface area (Å²) >= 11 is 6.06. The van der Waals surface area contributed by atoms with Crippen LogP contribution < -0.4 is 5.73 Å². The fourth-order valence-electron chi connectivity index (χ4n) is 1.65. The molecule has 0 rings (SSSR count). The number of hydrogen-bond acceptors (Lipinski definition) is 1. The minimum Gasteiger partial charge on any atom is -0.325 e. The molecule has 0 aromatic heterocycles. The van der Waals surface area contributed by atoms with Gasteiger partial charge in [-0.25, -0.2) is 0 Å². The Morgan fingerprint density at radius 1 is 1.13 bits per heavy atom. The van der Waals surface area contributed by atoms with Crippen molar-refractivity contribution in [3.8, 4) is 0 Å². The van der Waals surface area contributed by atoms with Crippen molar-refractivity contribution in [2.75, 3.05) is 5.88 Å². The Bertz CT molecular complexity index is 175. The monoisotopic (exact) mass is 233 g/mol. The van der Waals surface area contributed by atoms with E-state index in [1.165, 1.54) is 6.42 Å². The second-order valence-electron chi connectivity index (χ2n) is 5.74. The average molecular weight is 234 g/mol. The van der Waals surface area contributed by atoms with Crippen LogP contribution in [0.15, 0.2) is 0 Å². The fourth-order valence-corrected chi connectivity index (χ4v) is 2.22. The second kappa shape index (κ2) is 6.10. The second-order valence-corrected chi connectivity index (χ2v) is 6.05. The zero-order valence-corrected chi connectivity index (χ0v) is 11.8. The highest BCUT2D eigenvalue weighted by Gasteiger charge is 2.28. The lowest BCUT2D eigenvalue weighted by molar-refractivity contribution is 0.195. The number of nitrogens with two attached hydrogens (primary N) is 1.